The lowest BCUT2D eigenvalue weighted by Gasteiger charge is -2.25. The Morgan fingerprint density at radius 2 is 1.84 bits per heavy atom. The van der Waals surface area contributed by atoms with Gasteiger partial charge in [-0.05, 0) is 43.9 Å². The van der Waals surface area contributed by atoms with Crippen LogP contribution in [0, 0.1) is 5.92 Å². The van der Waals surface area contributed by atoms with Crippen LogP contribution in [0.15, 0.2) is 18.2 Å². The Bertz CT molecular complexity index is 451. The minimum atomic E-state index is 0.0563. The van der Waals surface area contributed by atoms with Crippen molar-refractivity contribution in [3.8, 4) is 11.5 Å². The molecule has 19 heavy (non-hydrogen) atoms. The van der Waals surface area contributed by atoms with Crippen LogP contribution in [0.4, 0.5) is 0 Å². The molecule has 0 heterocycles. The van der Waals surface area contributed by atoms with Gasteiger partial charge in [0.25, 0.3) is 0 Å². The molecule has 1 aromatic rings. The smallest absolute Gasteiger partial charge is 0.169 e. The van der Waals surface area contributed by atoms with Crippen LogP contribution in [0.1, 0.15) is 36.0 Å². The molecule has 0 amide bonds. The van der Waals surface area contributed by atoms with Crippen LogP contribution in [0.2, 0.25) is 0 Å². The van der Waals surface area contributed by atoms with Crippen LogP contribution < -0.4 is 15.2 Å². The number of ether oxygens (including phenoxy) is 2. The van der Waals surface area contributed by atoms with E-state index in [0.29, 0.717) is 17.1 Å². The fourth-order valence-corrected chi connectivity index (χ4v) is 2.61. The van der Waals surface area contributed by atoms with Gasteiger partial charge in [0.05, 0.1) is 19.8 Å². The van der Waals surface area contributed by atoms with Crippen molar-refractivity contribution in [2.75, 3.05) is 14.2 Å². The highest BCUT2D eigenvalue weighted by atomic mass is 16.5. The van der Waals surface area contributed by atoms with Gasteiger partial charge in [0, 0.05) is 12.0 Å². The third-order valence-electron chi connectivity index (χ3n) is 3.81. The fraction of sp³-hybridized carbons (Fsp3) is 0.533. The van der Waals surface area contributed by atoms with Gasteiger partial charge < -0.3 is 15.2 Å². The molecular weight excluding hydrogens is 242 g/mol. The summed E-state index contributed by atoms with van der Waals surface area (Å²) in [5, 5.41) is 0. The first-order valence-electron chi connectivity index (χ1n) is 6.67. The zero-order chi connectivity index (χ0) is 13.8. The van der Waals surface area contributed by atoms with Gasteiger partial charge in [-0.15, -0.1) is 0 Å². The van der Waals surface area contributed by atoms with Gasteiger partial charge >= 0.3 is 0 Å². The summed E-state index contributed by atoms with van der Waals surface area (Å²) in [7, 11) is 3.17. The van der Waals surface area contributed by atoms with Crippen LogP contribution in [0.3, 0.4) is 0 Å². The van der Waals surface area contributed by atoms with E-state index >= 15 is 0 Å². The van der Waals surface area contributed by atoms with E-state index in [-0.39, 0.29) is 17.7 Å². The number of carbonyl (C=O) groups is 1. The zero-order valence-electron chi connectivity index (χ0n) is 11.5. The summed E-state index contributed by atoms with van der Waals surface area (Å²) >= 11 is 0. The first-order valence-corrected chi connectivity index (χ1v) is 6.67. The molecule has 1 fully saturated rings. The number of hydrogen-bond donors (Lipinski definition) is 1. The maximum atomic E-state index is 12.6. The number of benzene rings is 1. The monoisotopic (exact) mass is 263 g/mol. The van der Waals surface area contributed by atoms with Gasteiger partial charge in [-0.3, -0.25) is 4.79 Å². The predicted molar refractivity (Wildman–Crippen MR) is 73.8 cm³/mol. The van der Waals surface area contributed by atoms with E-state index in [4.69, 9.17) is 15.2 Å². The van der Waals surface area contributed by atoms with E-state index < -0.39 is 0 Å². The number of nitrogens with two attached hydrogens (primary N) is 1. The van der Waals surface area contributed by atoms with Crippen molar-refractivity contribution >= 4 is 5.78 Å². The van der Waals surface area contributed by atoms with Crippen molar-refractivity contribution in [1.82, 2.24) is 0 Å². The van der Waals surface area contributed by atoms with Crippen LogP contribution in [0.5, 0.6) is 11.5 Å². The molecule has 104 valence electrons. The largest absolute Gasteiger partial charge is 0.497 e. The molecule has 0 atom stereocenters. The van der Waals surface area contributed by atoms with Crippen LogP contribution in [0.25, 0.3) is 0 Å². The van der Waals surface area contributed by atoms with E-state index in [0.717, 1.165) is 25.7 Å². The van der Waals surface area contributed by atoms with Gasteiger partial charge in [-0.2, -0.15) is 0 Å². The lowest BCUT2D eigenvalue weighted by atomic mass is 9.81. The predicted octanol–water partition coefficient (Wildman–Crippen LogP) is 2.40. The maximum Gasteiger partial charge on any atom is 0.169 e. The summed E-state index contributed by atoms with van der Waals surface area (Å²) in [4.78, 5) is 12.6. The average Bonchev–Trinajstić information content (AvgIpc) is 2.46. The van der Waals surface area contributed by atoms with E-state index in [1.54, 1.807) is 32.4 Å². The van der Waals surface area contributed by atoms with Crippen LogP contribution in [-0.4, -0.2) is 26.0 Å². The third kappa shape index (κ3) is 3.07. The Hall–Kier alpha value is -1.55. The summed E-state index contributed by atoms with van der Waals surface area (Å²) in [6.07, 6.45) is 3.56. The molecular formula is C15H21NO3. The third-order valence-corrected chi connectivity index (χ3v) is 3.81. The second-order valence-corrected chi connectivity index (χ2v) is 5.04. The molecule has 0 unspecified atom stereocenters. The molecule has 1 aliphatic carbocycles. The molecule has 2 N–H and O–H groups in total. The second-order valence-electron chi connectivity index (χ2n) is 5.04. The van der Waals surface area contributed by atoms with Crippen LogP contribution in [-0.2, 0) is 0 Å². The number of rotatable bonds is 4. The number of ketones is 1. The summed E-state index contributed by atoms with van der Waals surface area (Å²) in [6.45, 7) is 0. The molecule has 1 saturated carbocycles. The number of Topliss-reactive ketones (excluding diaryl/α,β-unsaturated/α-hetero) is 1. The highest BCUT2D eigenvalue weighted by molar-refractivity contribution is 6.00. The standard InChI is InChI=1S/C15H21NO3/c1-18-12-7-8-14(19-2)13(9-12)15(17)10-3-5-11(16)6-4-10/h7-11H,3-6,16H2,1-2H3. The van der Waals surface area contributed by atoms with Crippen molar-refractivity contribution < 1.29 is 14.3 Å². The molecule has 0 spiro atoms. The Kier molecular flexibility index (Phi) is 4.43. The molecule has 1 aromatic carbocycles. The van der Waals surface area contributed by atoms with Crippen molar-refractivity contribution in [3.05, 3.63) is 23.8 Å². The first-order chi connectivity index (χ1) is 9.15. The lowest BCUT2D eigenvalue weighted by molar-refractivity contribution is 0.0881. The maximum absolute atomic E-state index is 12.6. The summed E-state index contributed by atoms with van der Waals surface area (Å²) < 4.78 is 10.5. The molecule has 0 aromatic heterocycles. The molecule has 0 radical (unpaired) electrons. The summed E-state index contributed by atoms with van der Waals surface area (Å²) in [5.74, 6) is 1.49. The van der Waals surface area contributed by atoms with Gasteiger partial charge in [0.15, 0.2) is 5.78 Å². The Morgan fingerprint density at radius 1 is 1.16 bits per heavy atom. The zero-order valence-corrected chi connectivity index (χ0v) is 11.5. The van der Waals surface area contributed by atoms with Crippen molar-refractivity contribution in [2.45, 2.75) is 31.7 Å². The van der Waals surface area contributed by atoms with Gasteiger partial charge in [-0.25, -0.2) is 0 Å². The molecule has 0 aliphatic heterocycles. The van der Waals surface area contributed by atoms with E-state index in [2.05, 4.69) is 0 Å². The first kappa shape index (κ1) is 13.9. The Labute approximate surface area is 113 Å². The molecule has 4 nitrogen and oxygen atoms in total. The Balaban J connectivity index is 2.22. The van der Waals surface area contributed by atoms with Crippen molar-refractivity contribution in [2.24, 2.45) is 11.7 Å². The average molecular weight is 263 g/mol. The highest BCUT2D eigenvalue weighted by Gasteiger charge is 2.27. The number of hydrogen-bond acceptors (Lipinski definition) is 4. The minimum Gasteiger partial charge on any atom is -0.497 e. The number of methoxy groups -OCH3 is 2. The fourth-order valence-electron chi connectivity index (χ4n) is 2.61. The Morgan fingerprint density at radius 3 is 2.42 bits per heavy atom. The quantitative estimate of drug-likeness (QED) is 0.847. The van der Waals surface area contributed by atoms with Gasteiger partial charge in [0.2, 0.25) is 0 Å². The lowest BCUT2D eigenvalue weighted by Crippen LogP contribution is -2.30. The topological polar surface area (TPSA) is 61.5 Å². The normalized spacial score (nSPS) is 22.9. The second kappa shape index (κ2) is 6.06. The van der Waals surface area contributed by atoms with E-state index in [9.17, 15) is 4.79 Å². The number of carbonyl (C=O) groups excluding carboxylic acids is 1. The van der Waals surface area contributed by atoms with Crippen LogP contribution >= 0.6 is 0 Å². The van der Waals surface area contributed by atoms with Crippen molar-refractivity contribution in [1.29, 1.82) is 0 Å². The SMILES string of the molecule is COc1ccc(OC)c(C(=O)C2CCC(N)CC2)c1. The summed E-state index contributed by atoms with van der Waals surface area (Å²) in [6, 6.07) is 5.58. The molecule has 2 rings (SSSR count). The van der Waals surface area contributed by atoms with Gasteiger partial charge in [0.1, 0.15) is 11.5 Å². The van der Waals surface area contributed by atoms with Gasteiger partial charge in [-0.1, -0.05) is 0 Å². The summed E-state index contributed by atoms with van der Waals surface area (Å²) in [5.41, 5.74) is 6.49. The van der Waals surface area contributed by atoms with E-state index in [1.807, 2.05) is 0 Å². The molecule has 0 bridgehead atoms. The molecule has 4 heteroatoms. The molecule has 0 saturated heterocycles. The molecule has 1 aliphatic rings. The minimum absolute atomic E-state index is 0.0563. The highest BCUT2D eigenvalue weighted by Crippen LogP contribution is 2.31. The van der Waals surface area contributed by atoms with Crippen molar-refractivity contribution in [3.63, 3.8) is 0 Å². The van der Waals surface area contributed by atoms with E-state index in [1.165, 1.54) is 0 Å².